The summed E-state index contributed by atoms with van der Waals surface area (Å²) in [5.41, 5.74) is 0.925. The Kier molecular flexibility index (Phi) is 2.05. The van der Waals surface area contributed by atoms with Gasteiger partial charge in [0, 0.05) is 4.58 Å². The summed E-state index contributed by atoms with van der Waals surface area (Å²) < 4.78 is 4.50. The minimum absolute atomic E-state index is 0.700. The van der Waals surface area contributed by atoms with Gasteiger partial charge in [0.2, 0.25) is 0 Å². The highest BCUT2D eigenvalue weighted by molar-refractivity contribution is 7.99. The molecule has 0 saturated carbocycles. The summed E-state index contributed by atoms with van der Waals surface area (Å²) in [5.74, 6) is 0. The summed E-state index contributed by atoms with van der Waals surface area (Å²) in [6.07, 6.45) is 0. The maximum Gasteiger partial charge on any atom is 0.177 e. The molecule has 0 spiro atoms. The van der Waals surface area contributed by atoms with Crippen molar-refractivity contribution >= 4 is 33.5 Å². The summed E-state index contributed by atoms with van der Waals surface area (Å²) in [4.78, 5) is 14.1. The highest BCUT2D eigenvalue weighted by atomic mass is 32.2. The number of thiazole rings is 1. The SMILES string of the molecule is O=NSc1nc2ccccc2s1. The monoisotopic (exact) mass is 196 g/mol. The van der Waals surface area contributed by atoms with Crippen LogP contribution >= 0.6 is 23.3 Å². The van der Waals surface area contributed by atoms with E-state index < -0.39 is 0 Å². The molecule has 5 heteroatoms. The van der Waals surface area contributed by atoms with E-state index in [0.717, 1.165) is 22.2 Å². The van der Waals surface area contributed by atoms with Crippen LogP contribution < -0.4 is 0 Å². The van der Waals surface area contributed by atoms with E-state index in [1.54, 1.807) is 0 Å². The van der Waals surface area contributed by atoms with Crippen LogP contribution in [0.15, 0.2) is 33.2 Å². The van der Waals surface area contributed by atoms with Crippen molar-refractivity contribution in [2.75, 3.05) is 0 Å². The molecular formula is C7H4N2OS2. The lowest BCUT2D eigenvalue weighted by Crippen LogP contribution is -1.64. The van der Waals surface area contributed by atoms with Crippen LogP contribution in [0.5, 0.6) is 0 Å². The number of rotatable bonds is 2. The first-order valence-corrected chi connectivity index (χ1v) is 4.84. The Morgan fingerprint density at radius 2 is 2.25 bits per heavy atom. The molecule has 0 atom stereocenters. The van der Waals surface area contributed by atoms with E-state index in [4.69, 9.17) is 0 Å². The van der Waals surface area contributed by atoms with Crippen LogP contribution in [0.4, 0.5) is 0 Å². The number of hydrogen-bond acceptors (Lipinski definition) is 5. The fraction of sp³-hybridized carbons (Fsp3) is 0. The largest absolute Gasteiger partial charge is 0.228 e. The van der Waals surface area contributed by atoms with Crippen molar-refractivity contribution in [3.63, 3.8) is 0 Å². The molecule has 0 fully saturated rings. The lowest BCUT2D eigenvalue weighted by Gasteiger charge is -1.80. The van der Waals surface area contributed by atoms with Crippen LogP contribution in [0.2, 0.25) is 0 Å². The third-order valence-electron chi connectivity index (χ3n) is 1.39. The van der Waals surface area contributed by atoms with Crippen molar-refractivity contribution < 1.29 is 0 Å². The normalized spacial score (nSPS) is 10.3. The van der Waals surface area contributed by atoms with Crippen molar-refractivity contribution in [2.45, 2.75) is 4.34 Å². The van der Waals surface area contributed by atoms with Gasteiger partial charge in [0.15, 0.2) is 4.34 Å². The van der Waals surface area contributed by atoms with Gasteiger partial charge >= 0.3 is 0 Å². The molecule has 0 unspecified atom stereocenters. The van der Waals surface area contributed by atoms with Gasteiger partial charge < -0.3 is 0 Å². The molecule has 2 rings (SSSR count). The third-order valence-corrected chi connectivity index (χ3v) is 3.02. The topological polar surface area (TPSA) is 42.3 Å². The fourth-order valence-corrected chi connectivity index (χ4v) is 2.33. The fourth-order valence-electron chi connectivity index (χ4n) is 0.922. The molecule has 1 aromatic carbocycles. The second kappa shape index (κ2) is 3.20. The minimum Gasteiger partial charge on any atom is -0.228 e. The van der Waals surface area contributed by atoms with E-state index >= 15 is 0 Å². The Bertz CT molecular complexity index is 379. The van der Waals surface area contributed by atoms with Gasteiger partial charge in [0.05, 0.1) is 22.2 Å². The molecule has 60 valence electrons. The van der Waals surface area contributed by atoms with Crippen LogP contribution in [-0.2, 0) is 0 Å². The van der Waals surface area contributed by atoms with Crippen molar-refractivity contribution in [1.82, 2.24) is 4.98 Å². The van der Waals surface area contributed by atoms with E-state index in [1.807, 2.05) is 24.3 Å². The highest BCUT2D eigenvalue weighted by Gasteiger charge is 2.02. The molecule has 3 nitrogen and oxygen atoms in total. The van der Waals surface area contributed by atoms with Gasteiger partial charge in [-0.2, -0.15) is 0 Å². The van der Waals surface area contributed by atoms with Crippen molar-refractivity contribution in [2.24, 2.45) is 4.58 Å². The number of benzene rings is 1. The second-order valence-electron chi connectivity index (χ2n) is 2.11. The van der Waals surface area contributed by atoms with E-state index in [2.05, 4.69) is 9.57 Å². The molecule has 2 aromatic rings. The zero-order valence-corrected chi connectivity index (χ0v) is 7.56. The number of aromatic nitrogens is 1. The maximum atomic E-state index is 9.93. The minimum atomic E-state index is 0.700. The molecule has 12 heavy (non-hydrogen) atoms. The Labute approximate surface area is 76.9 Å². The quantitative estimate of drug-likeness (QED) is 0.547. The molecule has 1 aromatic heterocycles. The average molecular weight is 196 g/mol. The molecule has 1 heterocycles. The Balaban J connectivity index is 2.54. The number of nitrogens with zero attached hydrogens (tertiary/aromatic N) is 2. The van der Waals surface area contributed by atoms with Gasteiger partial charge in [-0.25, -0.2) is 4.98 Å². The van der Waals surface area contributed by atoms with Crippen LogP contribution in [0.25, 0.3) is 10.2 Å². The van der Waals surface area contributed by atoms with Crippen molar-refractivity contribution in [3.8, 4) is 0 Å². The first-order chi connectivity index (χ1) is 5.90. The van der Waals surface area contributed by atoms with Gasteiger partial charge in [-0.15, -0.1) is 16.2 Å². The molecule has 0 amide bonds. The van der Waals surface area contributed by atoms with Crippen molar-refractivity contribution in [1.29, 1.82) is 0 Å². The van der Waals surface area contributed by atoms with E-state index in [0.29, 0.717) is 4.34 Å². The zero-order chi connectivity index (χ0) is 8.39. The molecule has 0 aliphatic rings. The van der Waals surface area contributed by atoms with E-state index in [1.165, 1.54) is 11.3 Å². The van der Waals surface area contributed by atoms with Crippen molar-refractivity contribution in [3.05, 3.63) is 29.2 Å². The molecule has 0 saturated heterocycles. The number of fused-ring (bicyclic) bond motifs is 1. The second-order valence-corrected chi connectivity index (χ2v) is 4.12. The lowest BCUT2D eigenvalue weighted by molar-refractivity contribution is 1.30. The highest BCUT2D eigenvalue weighted by Crippen LogP contribution is 2.29. The average Bonchev–Trinajstić information content (AvgIpc) is 2.47. The van der Waals surface area contributed by atoms with Gasteiger partial charge in [0.1, 0.15) is 0 Å². The summed E-state index contributed by atoms with van der Waals surface area (Å²) in [6.45, 7) is 0. The van der Waals surface area contributed by atoms with Gasteiger partial charge in [-0.3, -0.25) is 0 Å². The van der Waals surface area contributed by atoms with E-state index in [9.17, 15) is 4.91 Å². The first-order valence-electron chi connectivity index (χ1n) is 3.25. The summed E-state index contributed by atoms with van der Waals surface area (Å²) in [5, 5.41) is 0. The first kappa shape index (κ1) is 7.70. The molecule has 0 radical (unpaired) electrons. The Hall–Kier alpha value is -0.940. The predicted molar refractivity (Wildman–Crippen MR) is 51.3 cm³/mol. The Morgan fingerprint density at radius 1 is 1.42 bits per heavy atom. The molecule has 0 N–H and O–H groups in total. The predicted octanol–water partition coefficient (Wildman–Crippen LogP) is 3.07. The third kappa shape index (κ3) is 1.33. The van der Waals surface area contributed by atoms with Crippen LogP contribution in [-0.4, -0.2) is 4.98 Å². The summed E-state index contributed by atoms with van der Waals surface area (Å²) in [7, 11) is 0. The van der Waals surface area contributed by atoms with Gasteiger partial charge in [-0.05, 0) is 12.1 Å². The standard InChI is InChI=1S/C7H4N2OS2/c10-9-12-7-8-5-3-1-2-4-6(5)11-7/h1-4H. The molecule has 0 aliphatic carbocycles. The number of nitroso groups, excluding NO2 is 1. The van der Waals surface area contributed by atoms with Crippen LogP contribution in [0.1, 0.15) is 0 Å². The van der Waals surface area contributed by atoms with Gasteiger partial charge in [-0.1, -0.05) is 12.1 Å². The number of hydrogen-bond donors (Lipinski definition) is 0. The molecular weight excluding hydrogens is 192 g/mol. The lowest BCUT2D eigenvalue weighted by atomic mass is 10.3. The zero-order valence-electron chi connectivity index (χ0n) is 5.93. The van der Waals surface area contributed by atoms with E-state index in [-0.39, 0.29) is 0 Å². The Morgan fingerprint density at radius 3 is 3.00 bits per heavy atom. The smallest absolute Gasteiger partial charge is 0.177 e. The molecule has 0 bridgehead atoms. The molecule has 0 aliphatic heterocycles. The maximum absolute atomic E-state index is 9.93. The van der Waals surface area contributed by atoms with Gasteiger partial charge in [0.25, 0.3) is 0 Å². The summed E-state index contributed by atoms with van der Waals surface area (Å²) in [6, 6.07) is 7.76. The van der Waals surface area contributed by atoms with Crippen LogP contribution in [0.3, 0.4) is 0 Å². The van der Waals surface area contributed by atoms with Crippen LogP contribution in [0, 0.1) is 4.91 Å². The summed E-state index contributed by atoms with van der Waals surface area (Å²) >= 11 is 2.36. The number of para-hydroxylation sites is 1.